The first-order valence-corrected chi connectivity index (χ1v) is 10.9. The van der Waals surface area contributed by atoms with Crippen LogP contribution >= 0.6 is 7.68 Å². The first kappa shape index (κ1) is 23.1. The number of hydrogen-bond acceptors (Lipinski definition) is 1. The van der Waals surface area contributed by atoms with Gasteiger partial charge in [0.15, 0.2) is 0 Å². The molecule has 0 bridgehead atoms. The van der Waals surface area contributed by atoms with E-state index in [0.717, 1.165) is 32.1 Å². The predicted molar refractivity (Wildman–Crippen MR) is 104 cm³/mol. The molecule has 4 heteroatoms. The lowest BCUT2D eigenvalue weighted by atomic mass is 10.2. The van der Waals surface area contributed by atoms with Crippen molar-refractivity contribution >= 4 is 7.68 Å². The number of hydrogen-bond donors (Lipinski definition) is 1. The van der Waals surface area contributed by atoms with Crippen LogP contribution in [0.4, 0.5) is 4.20 Å². The van der Waals surface area contributed by atoms with Crippen molar-refractivity contribution in [1.29, 1.82) is 0 Å². The summed E-state index contributed by atoms with van der Waals surface area (Å²) in [5.74, 6) is 0. The molecule has 2 nitrogen and oxygen atoms in total. The largest absolute Gasteiger partial charge is 0.365 e. The lowest BCUT2D eigenvalue weighted by Crippen LogP contribution is -1.83. The molecule has 0 rings (SSSR count). The smallest absolute Gasteiger partial charge is 0.321 e. The van der Waals surface area contributed by atoms with E-state index in [0.29, 0.717) is 6.42 Å². The van der Waals surface area contributed by atoms with Crippen LogP contribution in [0.2, 0.25) is 0 Å². The molecule has 0 saturated carbocycles. The Bertz CT molecular complexity index is 433. The first-order valence-electron chi connectivity index (χ1n) is 9.17. The van der Waals surface area contributed by atoms with Crippen LogP contribution < -0.4 is 0 Å². The standard InChI is InChI=1S/C20H34FO2P/c1-2-3-4-5-6-7-8-9-10-11-12-13-14-15-16-17-18-19-20-24(21,22)23/h6-7,9-10,12-13,15-16H,2-5,8,11,14,17-20H2,1H3,(H,22,23)/b7-6-,10-9-,13-12-,16-15-. The van der Waals surface area contributed by atoms with Crippen LogP contribution in [0.3, 0.4) is 0 Å². The molecule has 0 spiro atoms. The molecule has 0 fully saturated rings. The van der Waals surface area contributed by atoms with Crippen molar-refractivity contribution in [3.8, 4) is 0 Å². The van der Waals surface area contributed by atoms with Crippen LogP contribution in [0.15, 0.2) is 48.6 Å². The van der Waals surface area contributed by atoms with Gasteiger partial charge in [-0.1, -0.05) is 68.4 Å². The Morgan fingerprint density at radius 3 is 1.58 bits per heavy atom. The molecule has 0 radical (unpaired) electrons. The minimum absolute atomic E-state index is 0.221. The zero-order valence-electron chi connectivity index (χ0n) is 15.1. The Labute approximate surface area is 147 Å². The quantitative estimate of drug-likeness (QED) is 0.190. The van der Waals surface area contributed by atoms with Crippen molar-refractivity contribution < 1.29 is 13.7 Å². The van der Waals surface area contributed by atoms with E-state index in [4.69, 9.17) is 4.89 Å². The molecular formula is C20H34FO2P. The Balaban J connectivity index is 3.44. The highest BCUT2D eigenvalue weighted by molar-refractivity contribution is 7.52. The molecule has 0 aliphatic rings. The summed E-state index contributed by atoms with van der Waals surface area (Å²) in [5.41, 5.74) is 0. The maximum absolute atomic E-state index is 12.4. The van der Waals surface area contributed by atoms with Gasteiger partial charge in [-0.05, 0) is 51.4 Å². The average molecular weight is 356 g/mol. The summed E-state index contributed by atoms with van der Waals surface area (Å²) >= 11 is 0. The van der Waals surface area contributed by atoms with Crippen LogP contribution in [-0.4, -0.2) is 11.1 Å². The summed E-state index contributed by atoms with van der Waals surface area (Å²) in [4.78, 5) is 8.51. The van der Waals surface area contributed by atoms with Gasteiger partial charge in [0.2, 0.25) is 0 Å². The van der Waals surface area contributed by atoms with Crippen molar-refractivity contribution in [3.05, 3.63) is 48.6 Å². The monoisotopic (exact) mass is 356 g/mol. The van der Waals surface area contributed by atoms with Crippen molar-refractivity contribution in [2.45, 2.75) is 71.1 Å². The van der Waals surface area contributed by atoms with E-state index < -0.39 is 7.68 Å². The van der Waals surface area contributed by atoms with Gasteiger partial charge < -0.3 is 4.89 Å². The zero-order valence-corrected chi connectivity index (χ0v) is 16.0. The second kappa shape index (κ2) is 16.9. The van der Waals surface area contributed by atoms with Crippen molar-refractivity contribution in [3.63, 3.8) is 0 Å². The van der Waals surface area contributed by atoms with Gasteiger partial charge in [-0.25, -0.2) is 0 Å². The third-order valence-corrected chi connectivity index (χ3v) is 4.38. The van der Waals surface area contributed by atoms with E-state index >= 15 is 0 Å². The summed E-state index contributed by atoms with van der Waals surface area (Å²) in [6, 6.07) is 0. The van der Waals surface area contributed by atoms with Gasteiger partial charge in [0.25, 0.3) is 0 Å². The number of halogens is 1. The summed E-state index contributed by atoms with van der Waals surface area (Å²) in [7, 11) is -4.30. The van der Waals surface area contributed by atoms with E-state index in [-0.39, 0.29) is 6.16 Å². The van der Waals surface area contributed by atoms with Crippen LogP contribution in [0.5, 0.6) is 0 Å². The van der Waals surface area contributed by atoms with Crippen molar-refractivity contribution in [2.24, 2.45) is 0 Å². The van der Waals surface area contributed by atoms with Gasteiger partial charge in [0, 0.05) is 0 Å². The molecular weight excluding hydrogens is 322 g/mol. The average Bonchev–Trinajstić information content (AvgIpc) is 2.52. The van der Waals surface area contributed by atoms with Crippen LogP contribution in [-0.2, 0) is 4.57 Å². The molecule has 0 aromatic heterocycles. The van der Waals surface area contributed by atoms with Gasteiger partial charge in [0.1, 0.15) is 0 Å². The van der Waals surface area contributed by atoms with Crippen LogP contribution in [0.1, 0.15) is 71.1 Å². The molecule has 24 heavy (non-hydrogen) atoms. The molecule has 0 aliphatic carbocycles. The van der Waals surface area contributed by atoms with Crippen LogP contribution in [0.25, 0.3) is 0 Å². The summed E-state index contributed by atoms with van der Waals surface area (Å²) < 4.78 is 22.8. The minimum atomic E-state index is -4.30. The Morgan fingerprint density at radius 1 is 0.750 bits per heavy atom. The first-order chi connectivity index (χ1) is 11.6. The third-order valence-electron chi connectivity index (χ3n) is 3.51. The maximum Gasteiger partial charge on any atom is 0.365 e. The summed E-state index contributed by atoms with van der Waals surface area (Å²) in [6.07, 6.45) is 27.1. The highest BCUT2D eigenvalue weighted by atomic mass is 31.2. The van der Waals surface area contributed by atoms with Gasteiger partial charge in [0.05, 0.1) is 6.16 Å². The van der Waals surface area contributed by atoms with Crippen molar-refractivity contribution in [1.82, 2.24) is 0 Å². The molecule has 1 atom stereocenters. The Morgan fingerprint density at radius 2 is 1.17 bits per heavy atom. The number of allylic oxidation sites excluding steroid dienone is 8. The van der Waals surface area contributed by atoms with E-state index in [9.17, 15) is 8.76 Å². The van der Waals surface area contributed by atoms with E-state index in [2.05, 4.69) is 49.5 Å². The van der Waals surface area contributed by atoms with E-state index in [1.165, 1.54) is 25.7 Å². The normalized spacial score (nSPS) is 15.3. The topological polar surface area (TPSA) is 37.3 Å². The minimum Gasteiger partial charge on any atom is -0.321 e. The second-order valence-corrected chi connectivity index (χ2v) is 7.60. The predicted octanol–water partition coefficient (Wildman–Crippen LogP) is 7.29. The molecule has 0 amide bonds. The molecule has 0 aromatic carbocycles. The second-order valence-electron chi connectivity index (χ2n) is 5.92. The number of rotatable bonds is 15. The molecule has 0 heterocycles. The van der Waals surface area contributed by atoms with Crippen molar-refractivity contribution in [2.75, 3.05) is 6.16 Å². The van der Waals surface area contributed by atoms with Gasteiger partial charge in [-0.15, -0.1) is 0 Å². The maximum atomic E-state index is 12.4. The highest BCUT2D eigenvalue weighted by Gasteiger charge is 2.13. The molecule has 1 unspecified atom stereocenters. The Kier molecular flexibility index (Phi) is 16.3. The molecule has 1 N–H and O–H groups in total. The molecule has 138 valence electrons. The van der Waals surface area contributed by atoms with Gasteiger partial charge in [-0.3, -0.25) is 4.57 Å². The fourth-order valence-electron chi connectivity index (χ4n) is 2.13. The van der Waals surface area contributed by atoms with Gasteiger partial charge >= 0.3 is 7.68 Å². The third kappa shape index (κ3) is 21.1. The fourth-order valence-corrected chi connectivity index (χ4v) is 2.74. The summed E-state index contributed by atoms with van der Waals surface area (Å²) in [5, 5.41) is 0. The number of unbranched alkanes of at least 4 members (excludes halogenated alkanes) is 5. The highest BCUT2D eigenvalue weighted by Crippen LogP contribution is 2.42. The van der Waals surface area contributed by atoms with E-state index in [1.807, 2.05) is 6.08 Å². The zero-order chi connectivity index (χ0) is 17.9. The Hall–Kier alpha value is -0.920. The fraction of sp³-hybridized carbons (Fsp3) is 0.600. The summed E-state index contributed by atoms with van der Waals surface area (Å²) in [6.45, 7) is 2.22. The van der Waals surface area contributed by atoms with Gasteiger partial charge in [-0.2, -0.15) is 4.20 Å². The van der Waals surface area contributed by atoms with E-state index in [1.54, 1.807) is 0 Å². The van der Waals surface area contributed by atoms with Crippen LogP contribution in [0, 0.1) is 0 Å². The molecule has 0 aliphatic heterocycles. The molecule has 0 saturated heterocycles. The lowest BCUT2D eigenvalue weighted by molar-refractivity contribution is 0.427. The SMILES string of the molecule is CCCCC/C=C\C/C=C\C/C=C\C/C=C\CCCCP(=O)(O)F. The lowest BCUT2D eigenvalue weighted by Gasteiger charge is -1.98. The molecule has 0 aromatic rings.